The summed E-state index contributed by atoms with van der Waals surface area (Å²) in [5.41, 5.74) is 0.840. The molecule has 1 aliphatic carbocycles. The van der Waals surface area contributed by atoms with Gasteiger partial charge in [0.05, 0.1) is 0 Å². The molecule has 2 aliphatic rings. The van der Waals surface area contributed by atoms with Crippen LogP contribution in [0.3, 0.4) is 0 Å². The molecule has 0 aromatic rings. The average Bonchev–Trinajstić information content (AvgIpc) is 2.60. The molecule has 0 bridgehead atoms. The summed E-state index contributed by atoms with van der Waals surface area (Å²) in [7, 11) is 0. The van der Waals surface area contributed by atoms with Crippen LogP contribution >= 0.6 is 11.6 Å². The van der Waals surface area contributed by atoms with E-state index in [1.807, 2.05) is 0 Å². The van der Waals surface area contributed by atoms with Gasteiger partial charge in [-0.15, -0.1) is 0 Å². The van der Waals surface area contributed by atoms with E-state index in [1.54, 1.807) is 10.7 Å². The second kappa shape index (κ2) is 3.84. The number of nitrogens with zero attached hydrogens (tertiary/aromatic N) is 2. The summed E-state index contributed by atoms with van der Waals surface area (Å²) < 4.78 is 39.8. The first-order valence-corrected chi connectivity index (χ1v) is 5.22. The zero-order chi connectivity index (χ0) is 12.7. The first-order valence-electron chi connectivity index (χ1n) is 4.84. The molecule has 0 N–H and O–H groups in total. The smallest absolute Gasteiger partial charge is 0.223 e. The Morgan fingerprint density at radius 1 is 1.53 bits per heavy atom. The van der Waals surface area contributed by atoms with E-state index in [4.69, 9.17) is 11.6 Å². The van der Waals surface area contributed by atoms with Gasteiger partial charge in [-0.05, 0) is 17.1 Å². The van der Waals surface area contributed by atoms with Crippen LogP contribution in [-0.2, 0) is 0 Å². The van der Waals surface area contributed by atoms with E-state index in [2.05, 4.69) is 11.6 Å². The van der Waals surface area contributed by atoms with Crippen molar-refractivity contribution in [2.45, 2.75) is 11.1 Å². The number of hydrogen-bond acceptors (Lipinski definition) is 1. The van der Waals surface area contributed by atoms with E-state index in [-0.39, 0.29) is 5.70 Å². The fraction of sp³-hybridized carbons (Fsp3) is 0.273. The summed E-state index contributed by atoms with van der Waals surface area (Å²) in [4.78, 5) is 1.44. The van der Waals surface area contributed by atoms with Crippen LogP contribution in [0.2, 0.25) is 0 Å². The molecule has 6 heteroatoms. The van der Waals surface area contributed by atoms with Gasteiger partial charge in [-0.25, -0.2) is 4.58 Å². The molecule has 2 rings (SSSR count). The van der Waals surface area contributed by atoms with E-state index in [9.17, 15) is 13.2 Å². The molecule has 1 unspecified atom stereocenters. The highest BCUT2D eigenvalue weighted by Gasteiger charge is 2.53. The number of rotatable bonds is 2. The van der Waals surface area contributed by atoms with Crippen molar-refractivity contribution in [1.29, 1.82) is 0 Å². The first-order chi connectivity index (χ1) is 7.87. The third kappa shape index (κ3) is 1.95. The van der Waals surface area contributed by atoms with Crippen LogP contribution in [0.1, 0.15) is 0 Å². The van der Waals surface area contributed by atoms with Crippen molar-refractivity contribution in [3.8, 4) is 0 Å². The Labute approximate surface area is 101 Å². The minimum atomic E-state index is -4.54. The Morgan fingerprint density at radius 3 is 2.82 bits per heavy atom. The molecular weight excluding hydrogens is 253 g/mol. The van der Waals surface area contributed by atoms with Gasteiger partial charge in [0.2, 0.25) is 5.70 Å². The molecule has 0 saturated heterocycles. The van der Waals surface area contributed by atoms with Gasteiger partial charge in [-0.3, -0.25) is 0 Å². The van der Waals surface area contributed by atoms with Crippen LogP contribution in [-0.4, -0.2) is 34.2 Å². The van der Waals surface area contributed by atoms with E-state index < -0.39 is 11.1 Å². The van der Waals surface area contributed by atoms with Gasteiger partial charge in [-0.2, -0.15) is 13.2 Å². The Morgan fingerprint density at radius 2 is 2.24 bits per heavy atom. The molecule has 1 heterocycles. The molecule has 0 spiro atoms. The normalized spacial score (nSPS) is 27.2. The fourth-order valence-electron chi connectivity index (χ4n) is 1.61. The maximum atomic E-state index is 12.7. The maximum Gasteiger partial charge on any atom is 0.414 e. The van der Waals surface area contributed by atoms with Gasteiger partial charge in [0, 0.05) is 6.08 Å². The Hall–Kier alpha value is -1.36. The Balaban J connectivity index is 2.41. The molecule has 2 nitrogen and oxygen atoms in total. The second-order valence-corrected chi connectivity index (χ2v) is 4.32. The van der Waals surface area contributed by atoms with E-state index in [0.29, 0.717) is 12.3 Å². The number of fused-ring (bicyclic) bond motifs is 1. The fourth-order valence-corrected chi connectivity index (χ4v) is 1.77. The molecule has 1 aliphatic heterocycles. The summed E-state index contributed by atoms with van der Waals surface area (Å²) in [6, 6.07) is 0. The number of halogens is 4. The van der Waals surface area contributed by atoms with Gasteiger partial charge >= 0.3 is 6.18 Å². The van der Waals surface area contributed by atoms with Crippen molar-refractivity contribution < 1.29 is 17.7 Å². The topological polar surface area (TPSA) is 15.4 Å². The highest BCUT2D eigenvalue weighted by molar-refractivity contribution is 6.29. The number of alkyl halides is 4. The molecule has 90 valence electrons. The van der Waals surface area contributed by atoms with Crippen LogP contribution in [0, 0.1) is 0 Å². The molecule has 0 saturated carbocycles. The maximum absolute atomic E-state index is 12.7. The monoisotopic (exact) mass is 261 g/mol. The van der Waals surface area contributed by atoms with Crippen molar-refractivity contribution in [1.82, 2.24) is 0 Å². The van der Waals surface area contributed by atoms with Crippen molar-refractivity contribution in [3.63, 3.8) is 0 Å². The predicted molar refractivity (Wildman–Crippen MR) is 60.7 cm³/mol. The highest BCUT2D eigenvalue weighted by atomic mass is 35.5. The molecule has 0 radical (unpaired) electrons. The quantitative estimate of drug-likeness (QED) is 0.413. The lowest BCUT2D eigenvalue weighted by Crippen LogP contribution is -2.38. The minimum absolute atomic E-state index is 0.238. The lowest BCUT2D eigenvalue weighted by Gasteiger charge is -2.24. The van der Waals surface area contributed by atoms with E-state index >= 15 is 0 Å². The summed E-state index contributed by atoms with van der Waals surface area (Å²) >= 11 is 5.53. The Kier molecular flexibility index (Phi) is 2.73. The zero-order valence-electron chi connectivity index (χ0n) is 8.71. The zero-order valence-corrected chi connectivity index (χ0v) is 9.46. The average molecular weight is 262 g/mol. The number of aliphatic imine (C=N–C) groups is 1. The molecule has 0 fully saturated rings. The highest BCUT2D eigenvalue weighted by Crippen LogP contribution is 2.41. The van der Waals surface area contributed by atoms with Gasteiger partial charge in [0.1, 0.15) is 6.54 Å². The van der Waals surface area contributed by atoms with Crippen molar-refractivity contribution >= 4 is 23.7 Å². The predicted octanol–water partition coefficient (Wildman–Crippen LogP) is 2.66. The van der Waals surface area contributed by atoms with Crippen LogP contribution in [0.4, 0.5) is 13.2 Å². The molecular formula is C11H9ClF3N2+. The molecule has 0 aromatic heterocycles. The first kappa shape index (κ1) is 12.1. The van der Waals surface area contributed by atoms with Gasteiger partial charge in [0.25, 0.3) is 6.34 Å². The number of allylic oxidation sites excluding steroid dienone is 3. The molecule has 0 aromatic carbocycles. The summed E-state index contributed by atoms with van der Waals surface area (Å²) in [5.74, 6) is 0. The third-order valence-corrected chi connectivity index (χ3v) is 2.95. The van der Waals surface area contributed by atoms with Crippen LogP contribution in [0.15, 0.2) is 41.6 Å². The van der Waals surface area contributed by atoms with Crippen molar-refractivity contribution in [2.24, 2.45) is 4.99 Å². The minimum Gasteiger partial charge on any atom is -0.223 e. The van der Waals surface area contributed by atoms with Crippen LogP contribution in [0.25, 0.3) is 0 Å². The summed E-state index contributed by atoms with van der Waals surface area (Å²) in [5, 5.41) is 0. The SMILES string of the molecule is C=CC[N+]1=C2C=CC(Cl)(C(F)(F)F)C=C2N=C1. The third-order valence-electron chi connectivity index (χ3n) is 2.50. The number of hydrogen-bond donors (Lipinski definition) is 0. The van der Waals surface area contributed by atoms with Crippen LogP contribution in [0.5, 0.6) is 0 Å². The lowest BCUT2D eigenvalue weighted by molar-refractivity contribution is -0.380. The standard InChI is InChI=1S/C11H9ClF3N2/c1-2-5-17-7-16-8-6-10(12,11(13,14)15)4-3-9(8)17/h2-4,6-7H,1,5H2/q+1. The van der Waals surface area contributed by atoms with Crippen molar-refractivity contribution in [3.05, 3.63) is 36.6 Å². The van der Waals surface area contributed by atoms with Gasteiger partial charge in [0.15, 0.2) is 10.6 Å². The van der Waals surface area contributed by atoms with E-state index in [1.165, 1.54) is 12.4 Å². The summed E-state index contributed by atoms with van der Waals surface area (Å²) in [6.45, 7) is 4.05. The largest absolute Gasteiger partial charge is 0.414 e. The van der Waals surface area contributed by atoms with Gasteiger partial charge < -0.3 is 0 Å². The lowest BCUT2D eigenvalue weighted by atomic mass is 9.98. The molecule has 0 amide bonds. The van der Waals surface area contributed by atoms with Gasteiger partial charge in [-0.1, -0.05) is 24.3 Å². The Bertz CT molecular complexity index is 485. The van der Waals surface area contributed by atoms with Crippen LogP contribution < -0.4 is 0 Å². The van der Waals surface area contributed by atoms with Crippen molar-refractivity contribution in [2.75, 3.05) is 6.54 Å². The summed E-state index contributed by atoms with van der Waals surface area (Å²) in [6.07, 6.45) is 1.76. The molecule has 17 heavy (non-hydrogen) atoms. The second-order valence-electron chi connectivity index (χ2n) is 3.70. The molecule has 1 atom stereocenters. The van der Waals surface area contributed by atoms with E-state index in [0.717, 1.165) is 12.2 Å².